The summed E-state index contributed by atoms with van der Waals surface area (Å²) in [5.74, 6) is 0.132. The first-order valence-electron chi connectivity index (χ1n) is 9.15. The van der Waals surface area contributed by atoms with E-state index in [0.29, 0.717) is 11.2 Å². The minimum Gasteiger partial charge on any atom is -0.382 e. The van der Waals surface area contributed by atoms with Gasteiger partial charge < -0.3 is 34.8 Å². The smallest absolute Gasteiger partial charge is 0.382 e. The zero-order chi connectivity index (χ0) is 25.1. The Labute approximate surface area is 190 Å². The summed E-state index contributed by atoms with van der Waals surface area (Å²) < 4.78 is 59.1. The Kier molecular flexibility index (Phi) is 8.21. The summed E-state index contributed by atoms with van der Waals surface area (Å²) in [5.41, 5.74) is 6.41. The summed E-state index contributed by atoms with van der Waals surface area (Å²) in [7, 11) is -16.6. The van der Waals surface area contributed by atoms with E-state index in [0.717, 1.165) is 0 Å². The van der Waals surface area contributed by atoms with Crippen LogP contribution in [0.5, 0.6) is 0 Å². The fourth-order valence-corrected chi connectivity index (χ4v) is 6.03. The molecule has 0 amide bonds. The molecule has 3 unspecified atom stereocenters. The Bertz CT molecular complexity index is 1210. The van der Waals surface area contributed by atoms with E-state index in [1.165, 1.54) is 17.2 Å². The molecule has 0 aliphatic carbocycles. The average molecular weight is 544 g/mol. The molecule has 2 aromatic rings. The molecule has 188 valence electrons. The van der Waals surface area contributed by atoms with Gasteiger partial charge in [0.1, 0.15) is 24.2 Å². The van der Waals surface area contributed by atoms with Gasteiger partial charge in [0.05, 0.1) is 38.1 Å². The van der Waals surface area contributed by atoms with Crippen LogP contribution in [0.3, 0.4) is 0 Å². The molecular weight excluding hydrogens is 525 g/mol. The van der Waals surface area contributed by atoms with Gasteiger partial charge in [0.25, 0.3) is 0 Å². The molecular formula is C13H19N6O12P3. The van der Waals surface area contributed by atoms with Crippen LogP contribution in [0.25, 0.3) is 11.2 Å². The Morgan fingerprint density at radius 1 is 1.18 bits per heavy atom. The second kappa shape index (κ2) is 10.4. The normalized spacial score (nSPS) is 24.5. The zero-order valence-electron chi connectivity index (χ0n) is 16.9. The second-order valence-corrected chi connectivity index (χ2v) is 11.1. The minimum atomic E-state index is -5.67. The van der Waals surface area contributed by atoms with Gasteiger partial charge in [0.15, 0.2) is 11.5 Å². The van der Waals surface area contributed by atoms with Crippen molar-refractivity contribution >= 4 is 40.4 Å². The second-order valence-electron chi connectivity index (χ2n) is 6.65. The maximum Gasteiger partial charge on any atom is 0.490 e. The van der Waals surface area contributed by atoms with Gasteiger partial charge in [0, 0.05) is 6.42 Å². The quantitative estimate of drug-likeness (QED) is 0.188. The summed E-state index contributed by atoms with van der Waals surface area (Å²) in [6.07, 6.45) is 0.219. The van der Waals surface area contributed by atoms with Crippen molar-refractivity contribution in [2.45, 2.75) is 31.3 Å². The van der Waals surface area contributed by atoms with Gasteiger partial charge in [0.2, 0.25) is 0 Å². The van der Waals surface area contributed by atoms with Crippen LogP contribution in [0, 0.1) is 11.3 Å². The monoisotopic (exact) mass is 544 g/mol. The molecule has 2 aromatic heterocycles. The molecule has 0 aromatic carbocycles. The Balaban J connectivity index is 1.72. The van der Waals surface area contributed by atoms with Gasteiger partial charge in [-0.15, -0.1) is 0 Å². The van der Waals surface area contributed by atoms with E-state index in [9.17, 15) is 23.5 Å². The molecule has 0 radical (unpaired) electrons. The molecule has 6 N–H and O–H groups in total. The van der Waals surface area contributed by atoms with E-state index in [1.807, 2.05) is 6.07 Å². The molecule has 21 heteroatoms. The van der Waals surface area contributed by atoms with Crippen LogP contribution in [0.4, 0.5) is 5.82 Å². The third kappa shape index (κ3) is 7.09. The molecule has 0 spiro atoms. The number of hydrogen-bond donors (Lipinski definition) is 5. The fourth-order valence-electron chi connectivity index (χ4n) is 3.00. The molecule has 1 aliphatic rings. The number of nitriles is 1. The number of ether oxygens (including phenoxy) is 2. The molecule has 5 atom stereocenters. The number of fused-ring (bicyclic) bond motifs is 1. The molecule has 18 nitrogen and oxygen atoms in total. The van der Waals surface area contributed by atoms with E-state index in [-0.39, 0.29) is 25.3 Å². The standard InChI is InChI=1S/C13H19N6O12P3/c14-2-1-3-27-8-4-10(19-7-18-11-12(15)16-6-17-13(11)19)29-9(8)5-28-33(23,24)31-34(25,26)30-32(20,21)22/h6-10H,1,3-5H2,(H,23,24)(H,25,26)(H2,15,16,17)(H2,20,21,22)/t8?,9-,10-/m1/s1. The lowest BCUT2D eigenvalue weighted by Crippen LogP contribution is -2.29. The van der Waals surface area contributed by atoms with E-state index in [4.69, 9.17) is 30.3 Å². The number of hydrogen-bond acceptors (Lipinski definition) is 13. The fraction of sp³-hybridized carbons (Fsp3) is 0.538. The summed E-state index contributed by atoms with van der Waals surface area (Å²) in [4.78, 5) is 48.2. The number of aromatic nitrogens is 4. The Morgan fingerprint density at radius 3 is 2.59 bits per heavy atom. The number of imidazole rings is 1. The SMILES string of the molecule is N#CCCOC1C[C@H](n2cnc3c(N)ncnc32)O[C@@H]1COP(=O)(O)OP(=O)(O)OP(=O)(O)O. The van der Waals surface area contributed by atoms with Crippen LogP contribution in [0.1, 0.15) is 19.1 Å². The van der Waals surface area contributed by atoms with E-state index >= 15 is 0 Å². The molecule has 0 saturated carbocycles. The predicted octanol–water partition coefficient (Wildman–Crippen LogP) is 0.338. The van der Waals surface area contributed by atoms with Crippen LogP contribution >= 0.6 is 23.5 Å². The minimum absolute atomic E-state index is 0.00277. The Morgan fingerprint density at radius 2 is 1.91 bits per heavy atom. The molecule has 1 saturated heterocycles. The summed E-state index contributed by atoms with van der Waals surface area (Å²) in [5, 5.41) is 8.72. The first-order valence-corrected chi connectivity index (χ1v) is 13.7. The summed E-state index contributed by atoms with van der Waals surface area (Å²) in [6, 6.07) is 1.89. The molecule has 1 fully saturated rings. The molecule has 0 bridgehead atoms. The largest absolute Gasteiger partial charge is 0.490 e. The highest BCUT2D eigenvalue weighted by Crippen LogP contribution is 2.66. The van der Waals surface area contributed by atoms with Gasteiger partial charge in [-0.1, -0.05) is 0 Å². The Hall–Kier alpha value is -1.83. The lowest BCUT2D eigenvalue weighted by atomic mass is 10.2. The number of nitrogen functional groups attached to an aromatic ring is 1. The van der Waals surface area contributed by atoms with Gasteiger partial charge in [-0.2, -0.15) is 13.9 Å². The zero-order valence-corrected chi connectivity index (χ0v) is 19.6. The van der Waals surface area contributed by atoms with Crippen molar-refractivity contribution in [1.29, 1.82) is 5.26 Å². The maximum atomic E-state index is 12.0. The van der Waals surface area contributed by atoms with Crippen LogP contribution in [0.2, 0.25) is 0 Å². The van der Waals surface area contributed by atoms with Crippen LogP contribution in [0.15, 0.2) is 12.7 Å². The topological polar surface area (TPSA) is 272 Å². The summed E-state index contributed by atoms with van der Waals surface area (Å²) in [6.45, 7) is -0.718. The van der Waals surface area contributed by atoms with Crippen molar-refractivity contribution in [2.24, 2.45) is 0 Å². The van der Waals surface area contributed by atoms with Crippen molar-refractivity contribution in [3.8, 4) is 6.07 Å². The molecule has 1 aliphatic heterocycles. The number of nitrogens with zero attached hydrogens (tertiary/aromatic N) is 5. The van der Waals surface area contributed by atoms with Gasteiger partial charge in [-0.3, -0.25) is 9.09 Å². The van der Waals surface area contributed by atoms with Crippen LogP contribution < -0.4 is 5.73 Å². The van der Waals surface area contributed by atoms with Gasteiger partial charge >= 0.3 is 23.5 Å². The lowest BCUT2D eigenvalue weighted by molar-refractivity contribution is -0.0584. The van der Waals surface area contributed by atoms with Gasteiger partial charge in [-0.05, 0) is 0 Å². The third-order valence-electron chi connectivity index (χ3n) is 4.24. The van der Waals surface area contributed by atoms with Crippen molar-refractivity contribution < 1.29 is 55.9 Å². The van der Waals surface area contributed by atoms with Crippen molar-refractivity contribution in [3.63, 3.8) is 0 Å². The number of rotatable bonds is 11. The highest BCUT2D eigenvalue weighted by atomic mass is 31.3. The molecule has 3 heterocycles. The van der Waals surface area contributed by atoms with Gasteiger partial charge in [-0.25, -0.2) is 28.6 Å². The number of anilines is 1. The van der Waals surface area contributed by atoms with Crippen molar-refractivity contribution in [3.05, 3.63) is 12.7 Å². The van der Waals surface area contributed by atoms with Crippen molar-refractivity contribution in [1.82, 2.24) is 19.5 Å². The van der Waals surface area contributed by atoms with E-state index < -0.39 is 48.5 Å². The lowest BCUT2D eigenvalue weighted by Gasteiger charge is -2.21. The maximum absolute atomic E-state index is 12.0. The van der Waals surface area contributed by atoms with Crippen LogP contribution in [-0.4, -0.2) is 64.5 Å². The van der Waals surface area contributed by atoms with E-state index in [1.54, 1.807) is 0 Å². The average Bonchev–Trinajstić information content (AvgIpc) is 3.28. The van der Waals surface area contributed by atoms with Crippen molar-refractivity contribution in [2.75, 3.05) is 18.9 Å². The molecule has 34 heavy (non-hydrogen) atoms. The first kappa shape index (κ1) is 26.8. The predicted molar refractivity (Wildman–Crippen MR) is 108 cm³/mol. The number of nitrogens with two attached hydrogens (primary N) is 1. The number of phosphoric ester groups is 1. The third-order valence-corrected chi connectivity index (χ3v) is 8.04. The summed E-state index contributed by atoms with van der Waals surface area (Å²) >= 11 is 0. The first-order chi connectivity index (χ1) is 15.8. The van der Waals surface area contributed by atoms with E-state index in [2.05, 4.69) is 28.1 Å². The number of phosphoric acid groups is 3. The highest BCUT2D eigenvalue weighted by molar-refractivity contribution is 7.66. The van der Waals surface area contributed by atoms with Crippen LogP contribution in [-0.2, 0) is 36.3 Å². The highest BCUT2D eigenvalue weighted by Gasteiger charge is 2.43. The molecule has 3 rings (SSSR count).